The van der Waals surface area contributed by atoms with Crippen molar-refractivity contribution in [1.29, 1.82) is 0 Å². The predicted octanol–water partition coefficient (Wildman–Crippen LogP) is -1.44. The van der Waals surface area contributed by atoms with Crippen LogP contribution in [0.4, 0.5) is 0 Å². The molecule has 1 atom stereocenters. The van der Waals surface area contributed by atoms with Gasteiger partial charge in [-0.25, -0.2) is 13.1 Å². The molecule has 19 heavy (non-hydrogen) atoms. The Morgan fingerprint density at radius 3 is 2.74 bits per heavy atom. The van der Waals surface area contributed by atoms with Gasteiger partial charge in [0.05, 0.1) is 11.6 Å². The Morgan fingerprint density at radius 2 is 2.26 bits per heavy atom. The first-order chi connectivity index (χ1) is 8.81. The lowest BCUT2D eigenvalue weighted by Gasteiger charge is -2.12. The summed E-state index contributed by atoms with van der Waals surface area (Å²) < 4.78 is 34.8. The molecule has 0 aromatic carbocycles. The molecule has 0 fully saturated rings. The van der Waals surface area contributed by atoms with Gasteiger partial charge in [0.1, 0.15) is 6.20 Å². The van der Waals surface area contributed by atoms with Crippen LogP contribution < -0.4 is 14.7 Å². The van der Waals surface area contributed by atoms with E-state index >= 15 is 0 Å². The Kier molecular flexibility index (Phi) is 5.33. The van der Waals surface area contributed by atoms with E-state index in [2.05, 4.69) is 10.4 Å². The number of hydrogen-bond donors (Lipinski definition) is 2. The molecule has 106 valence electrons. The van der Waals surface area contributed by atoms with Gasteiger partial charge in [-0.15, -0.1) is 0 Å². The molecule has 0 bridgehead atoms. The van der Waals surface area contributed by atoms with Crippen LogP contribution in [-0.4, -0.2) is 36.6 Å². The second-order valence-electron chi connectivity index (χ2n) is 3.97. The minimum atomic E-state index is -4.48. The Balaban J connectivity index is 2.64. The van der Waals surface area contributed by atoms with Crippen LogP contribution in [0.25, 0.3) is 0 Å². The SMILES string of the molecule is CCNC(=O)c1cc[n+](C[C@H](C)NS(=O)(=O)[O-])nc1. The van der Waals surface area contributed by atoms with Gasteiger partial charge in [0.25, 0.3) is 5.91 Å². The van der Waals surface area contributed by atoms with Crippen molar-refractivity contribution in [3.05, 3.63) is 24.0 Å². The number of nitrogens with zero attached hydrogens (tertiary/aromatic N) is 2. The third kappa shape index (κ3) is 5.73. The first-order valence-corrected chi connectivity index (χ1v) is 7.09. The first-order valence-electron chi connectivity index (χ1n) is 5.69. The summed E-state index contributed by atoms with van der Waals surface area (Å²) in [4.78, 5) is 11.5. The summed E-state index contributed by atoms with van der Waals surface area (Å²) in [6.45, 7) is 4.07. The molecule has 1 heterocycles. The zero-order valence-electron chi connectivity index (χ0n) is 10.7. The molecular weight excluding hydrogens is 272 g/mol. The molecule has 0 saturated heterocycles. The topological polar surface area (TPSA) is 115 Å². The Bertz CT molecular complexity index is 529. The minimum Gasteiger partial charge on any atom is -0.735 e. The van der Waals surface area contributed by atoms with Gasteiger partial charge in [0.15, 0.2) is 23.0 Å². The number of hydrogen-bond acceptors (Lipinski definition) is 5. The number of aromatic nitrogens is 2. The second kappa shape index (κ2) is 6.55. The van der Waals surface area contributed by atoms with Crippen molar-refractivity contribution < 1.29 is 22.4 Å². The van der Waals surface area contributed by atoms with E-state index in [0.29, 0.717) is 12.1 Å². The van der Waals surface area contributed by atoms with Gasteiger partial charge in [-0.2, -0.15) is 0 Å². The highest BCUT2D eigenvalue weighted by atomic mass is 32.2. The highest BCUT2D eigenvalue weighted by Crippen LogP contribution is 1.93. The van der Waals surface area contributed by atoms with Crippen LogP contribution in [0.3, 0.4) is 0 Å². The summed E-state index contributed by atoms with van der Waals surface area (Å²) in [7, 11) is -4.48. The maximum absolute atomic E-state index is 11.5. The number of amides is 1. The summed E-state index contributed by atoms with van der Waals surface area (Å²) in [6, 6.07) is 0.978. The monoisotopic (exact) mass is 288 g/mol. The van der Waals surface area contributed by atoms with Crippen molar-refractivity contribution >= 4 is 16.2 Å². The van der Waals surface area contributed by atoms with E-state index in [9.17, 15) is 17.8 Å². The van der Waals surface area contributed by atoms with E-state index in [4.69, 9.17) is 0 Å². The molecule has 8 nitrogen and oxygen atoms in total. The van der Waals surface area contributed by atoms with Crippen molar-refractivity contribution in [2.24, 2.45) is 0 Å². The number of rotatable bonds is 6. The summed E-state index contributed by atoms with van der Waals surface area (Å²) in [6.07, 6.45) is 2.92. The molecule has 0 unspecified atom stereocenters. The van der Waals surface area contributed by atoms with Gasteiger partial charge < -0.3 is 9.87 Å². The van der Waals surface area contributed by atoms with E-state index < -0.39 is 16.3 Å². The molecule has 0 aliphatic carbocycles. The van der Waals surface area contributed by atoms with E-state index in [1.807, 2.05) is 11.6 Å². The van der Waals surface area contributed by atoms with Gasteiger partial charge in [0.2, 0.25) is 0 Å². The van der Waals surface area contributed by atoms with Gasteiger partial charge in [0, 0.05) is 12.6 Å². The van der Waals surface area contributed by atoms with Crippen LogP contribution in [0.15, 0.2) is 18.5 Å². The van der Waals surface area contributed by atoms with E-state index in [0.717, 1.165) is 0 Å². The fraction of sp³-hybridized carbons (Fsp3) is 0.500. The molecular formula is C10H16N4O4S. The van der Waals surface area contributed by atoms with Crippen LogP contribution in [0.1, 0.15) is 24.2 Å². The summed E-state index contributed by atoms with van der Waals surface area (Å²) in [5.74, 6) is -0.226. The molecule has 0 aliphatic rings. The molecule has 1 aromatic rings. The van der Waals surface area contributed by atoms with Crippen LogP contribution in [0, 0.1) is 0 Å². The molecule has 1 rings (SSSR count). The lowest BCUT2D eigenvalue weighted by atomic mass is 10.3. The normalized spacial score (nSPS) is 13.0. The largest absolute Gasteiger partial charge is 0.735 e. The molecule has 2 N–H and O–H groups in total. The van der Waals surface area contributed by atoms with E-state index in [1.54, 1.807) is 19.2 Å². The van der Waals surface area contributed by atoms with Gasteiger partial charge in [-0.05, 0) is 18.9 Å². The lowest BCUT2D eigenvalue weighted by molar-refractivity contribution is -0.755. The minimum absolute atomic E-state index is 0.192. The van der Waals surface area contributed by atoms with Gasteiger partial charge in [-0.1, -0.05) is 4.68 Å². The highest BCUT2D eigenvalue weighted by molar-refractivity contribution is 7.83. The third-order valence-corrected chi connectivity index (χ3v) is 2.87. The first kappa shape index (κ1) is 15.5. The third-order valence-electron chi connectivity index (χ3n) is 2.18. The van der Waals surface area contributed by atoms with Crippen LogP contribution in [0.5, 0.6) is 0 Å². The fourth-order valence-electron chi connectivity index (χ4n) is 1.45. The van der Waals surface area contributed by atoms with E-state index in [1.165, 1.54) is 10.9 Å². The summed E-state index contributed by atoms with van der Waals surface area (Å²) >= 11 is 0. The van der Waals surface area contributed by atoms with E-state index in [-0.39, 0.29) is 12.5 Å². The molecule has 0 spiro atoms. The number of carbonyl (C=O) groups excluding carboxylic acids is 1. The molecule has 1 amide bonds. The maximum Gasteiger partial charge on any atom is 0.253 e. The highest BCUT2D eigenvalue weighted by Gasteiger charge is 2.14. The van der Waals surface area contributed by atoms with Crippen molar-refractivity contribution in [1.82, 2.24) is 15.1 Å². The lowest BCUT2D eigenvalue weighted by Crippen LogP contribution is -2.48. The van der Waals surface area contributed by atoms with Crippen LogP contribution in [-0.2, 0) is 16.8 Å². The van der Waals surface area contributed by atoms with Crippen molar-refractivity contribution in [2.45, 2.75) is 26.4 Å². The molecule has 0 saturated carbocycles. The van der Waals surface area contributed by atoms with Gasteiger partial charge in [-0.3, -0.25) is 4.79 Å². The van der Waals surface area contributed by atoms with Crippen LogP contribution >= 0.6 is 0 Å². The zero-order chi connectivity index (χ0) is 14.5. The maximum atomic E-state index is 11.5. The molecule has 9 heteroatoms. The van der Waals surface area contributed by atoms with Crippen molar-refractivity contribution in [3.8, 4) is 0 Å². The Labute approximate surface area is 111 Å². The molecule has 0 radical (unpaired) electrons. The van der Waals surface area contributed by atoms with Crippen molar-refractivity contribution in [3.63, 3.8) is 0 Å². The van der Waals surface area contributed by atoms with Gasteiger partial charge >= 0.3 is 0 Å². The Hall–Kier alpha value is -1.58. The molecule has 0 aliphatic heterocycles. The average Bonchev–Trinajstić information content (AvgIpc) is 2.27. The van der Waals surface area contributed by atoms with Crippen molar-refractivity contribution in [2.75, 3.05) is 6.54 Å². The Morgan fingerprint density at radius 1 is 1.58 bits per heavy atom. The predicted molar refractivity (Wildman–Crippen MR) is 64.7 cm³/mol. The second-order valence-corrected chi connectivity index (χ2v) is 5.11. The summed E-state index contributed by atoms with van der Waals surface area (Å²) in [5.41, 5.74) is 0.412. The standard InChI is InChI=1S/C10H16N4O4S/c1-3-11-10(15)9-4-5-14(12-6-9)7-8(2)13-19(16,17)18/h4-6,8,13H,3,7H2,1-2H3,(H-,11,15,16,17,18)/t8-/m0/s1. The fourth-order valence-corrected chi connectivity index (χ4v) is 2.02. The summed E-state index contributed by atoms with van der Waals surface area (Å²) in [5, 5.41) is 6.60. The number of nitrogens with one attached hydrogen (secondary N) is 2. The zero-order valence-corrected chi connectivity index (χ0v) is 11.5. The number of carbonyl (C=O) groups is 1. The van der Waals surface area contributed by atoms with Crippen LogP contribution in [0.2, 0.25) is 0 Å². The average molecular weight is 288 g/mol. The molecule has 1 aromatic heterocycles. The smallest absolute Gasteiger partial charge is 0.253 e. The quantitative estimate of drug-likeness (QED) is 0.491.